The molecule has 3 aromatic rings. The monoisotopic (exact) mass is 442 g/mol. The van der Waals surface area contributed by atoms with Gasteiger partial charge in [-0.05, 0) is 62.4 Å². The Morgan fingerprint density at radius 1 is 0.970 bits per heavy atom. The number of hydrogen-bond donors (Lipinski definition) is 1. The third-order valence-corrected chi connectivity index (χ3v) is 7.17. The largest absolute Gasteiger partial charge is 0.494 e. The van der Waals surface area contributed by atoms with Crippen molar-refractivity contribution in [2.45, 2.75) is 38.1 Å². The summed E-state index contributed by atoms with van der Waals surface area (Å²) in [6.45, 7) is 6.87. The predicted molar refractivity (Wildman–Crippen MR) is 133 cm³/mol. The van der Waals surface area contributed by atoms with Crippen molar-refractivity contribution < 1.29 is 9.53 Å². The van der Waals surface area contributed by atoms with Crippen molar-refractivity contribution in [3.8, 4) is 5.75 Å². The highest BCUT2D eigenvalue weighted by Crippen LogP contribution is 2.46. The van der Waals surface area contributed by atoms with Crippen molar-refractivity contribution in [2.24, 2.45) is 11.7 Å². The van der Waals surface area contributed by atoms with Gasteiger partial charge in [-0.3, -0.25) is 4.79 Å². The van der Waals surface area contributed by atoms with E-state index in [1.54, 1.807) is 0 Å². The van der Waals surface area contributed by atoms with Crippen LogP contribution in [0.1, 0.15) is 36.5 Å². The van der Waals surface area contributed by atoms with Gasteiger partial charge in [-0.1, -0.05) is 78.4 Å². The van der Waals surface area contributed by atoms with Gasteiger partial charge in [-0.2, -0.15) is 0 Å². The van der Waals surface area contributed by atoms with Crippen molar-refractivity contribution in [3.05, 3.63) is 102 Å². The summed E-state index contributed by atoms with van der Waals surface area (Å²) in [5.74, 6) is 0.730. The van der Waals surface area contributed by atoms with Crippen LogP contribution in [0.3, 0.4) is 0 Å². The highest BCUT2D eigenvalue weighted by atomic mass is 16.5. The minimum Gasteiger partial charge on any atom is -0.494 e. The summed E-state index contributed by atoms with van der Waals surface area (Å²) in [5, 5.41) is 0. The first kappa shape index (κ1) is 23.1. The van der Waals surface area contributed by atoms with Gasteiger partial charge in [0.2, 0.25) is 5.91 Å². The van der Waals surface area contributed by atoms with Crippen molar-refractivity contribution in [1.82, 2.24) is 4.90 Å². The van der Waals surface area contributed by atoms with E-state index in [9.17, 15) is 4.79 Å². The molecule has 0 unspecified atom stereocenters. The fourth-order valence-electron chi connectivity index (χ4n) is 5.45. The smallest absolute Gasteiger partial charge is 0.232 e. The Morgan fingerprint density at radius 3 is 2.09 bits per heavy atom. The van der Waals surface area contributed by atoms with Crippen molar-refractivity contribution in [2.75, 3.05) is 19.7 Å². The second-order valence-electron chi connectivity index (χ2n) is 9.09. The summed E-state index contributed by atoms with van der Waals surface area (Å²) in [5.41, 5.74) is 8.57. The lowest BCUT2D eigenvalue weighted by Gasteiger charge is -2.40. The highest BCUT2D eigenvalue weighted by Gasteiger charge is 2.52. The molecular formula is C29H34N2O2. The molecule has 1 aliphatic heterocycles. The summed E-state index contributed by atoms with van der Waals surface area (Å²) < 4.78 is 5.93. The molecule has 4 rings (SSSR count). The zero-order valence-corrected chi connectivity index (χ0v) is 19.6. The first-order valence-corrected chi connectivity index (χ1v) is 11.9. The average Bonchev–Trinajstić information content (AvgIpc) is 3.20. The molecule has 1 saturated heterocycles. The molecule has 4 nitrogen and oxygen atoms in total. The van der Waals surface area contributed by atoms with Gasteiger partial charge in [0.05, 0.1) is 6.61 Å². The number of nitrogens with two attached hydrogens (primary N) is 1. The molecule has 1 heterocycles. The molecule has 0 saturated carbocycles. The Balaban J connectivity index is 1.52. The standard InChI is InChI=1S/C29H34N2O2/c1-22-14-16-26(17-15-22)33-21-9-19-31-20-18-27(23(31)2)29(28(30)32,24-10-5-3-6-11-24)25-12-7-4-8-13-25/h3-8,10-17,23,27H,9,18-21H2,1-2H3,(H2,30,32)/t23-,27+/m0/s1. The van der Waals surface area contributed by atoms with E-state index in [2.05, 4.69) is 30.9 Å². The number of nitrogens with zero attached hydrogens (tertiary/aromatic N) is 1. The summed E-state index contributed by atoms with van der Waals surface area (Å²) in [6, 6.07) is 28.5. The van der Waals surface area contributed by atoms with E-state index in [0.29, 0.717) is 6.61 Å². The Kier molecular flexibility index (Phi) is 7.14. The molecule has 1 aliphatic rings. The van der Waals surface area contributed by atoms with Gasteiger partial charge < -0.3 is 15.4 Å². The fourth-order valence-corrected chi connectivity index (χ4v) is 5.45. The van der Waals surface area contributed by atoms with Gasteiger partial charge in [0, 0.05) is 12.6 Å². The molecular weight excluding hydrogens is 408 g/mol. The normalized spacial score (nSPS) is 18.8. The van der Waals surface area contributed by atoms with Crippen LogP contribution in [-0.2, 0) is 10.2 Å². The van der Waals surface area contributed by atoms with Gasteiger partial charge in [-0.25, -0.2) is 0 Å². The van der Waals surface area contributed by atoms with E-state index in [-0.39, 0.29) is 17.9 Å². The maximum absolute atomic E-state index is 13.3. The third-order valence-electron chi connectivity index (χ3n) is 7.17. The van der Waals surface area contributed by atoms with Crippen LogP contribution in [0, 0.1) is 12.8 Å². The fraction of sp³-hybridized carbons (Fsp3) is 0.345. The van der Waals surface area contributed by atoms with E-state index >= 15 is 0 Å². The minimum absolute atomic E-state index is 0.0952. The summed E-state index contributed by atoms with van der Waals surface area (Å²) in [6.07, 6.45) is 1.86. The Bertz CT molecular complexity index is 995. The lowest BCUT2D eigenvalue weighted by molar-refractivity contribution is -0.124. The molecule has 33 heavy (non-hydrogen) atoms. The second-order valence-corrected chi connectivity index (χ2v) is 9.09. The molecule has 172 valence electrons. The maximum Gasteiger partial charge on any atom is 0.232 e. The summed E-state index contributed by atoms with van der Waals surface area (Å²) in [7, 11) is 0. The van der Waals surface area contributed by atoms with Crippen LogP contribution in [0.25, 0.3) is 0 Å². The number of rotatable bonds is 9. The molecule has 2 N–H and O–H groups in total. The van der Waals surface area contributed by atoms with Crippen LogP contribution in [0.2, 0.25) is 0 Å². The summed E-state index contributed by atoms with van der Waals surface area (Å²) >= 11 is 0. The van der Waals surface area contributed by atoms with Crippen LogP contribution >= 0.6 is 0 Å². The molecule has 1 amide bonds. The Hall–Kier alpha value is -3.11. The van der Waals surface area contributed by atoms with E-state index in [4.69, 9.17) is 10.5 Å². The number of carbonyl (C=O) groups is 1. The molecule has 0 radical (unpaired) electrons. The van der Waals surface area contributed by atoms with Gasteiger partial charge in [0.25, 0.3) is 0 Å². The number of hydrogen-bond acceptors (Lipinski definition) is 3. The molecule has 4 heteroatoms. The average molecular weight is 443 g/mol. The van der Waals surface area contributed by atoms with Gasteiger partial charge in [0.15, 0.2) is 0 Å². The van der Waals surface area contributed by atoms with Gasteiger partial charge >= 0.3 is 0 Å². The van der Waals surface area contributed by atoms with Crippen LogP contribution in [0.4, 0.5) is 0 Å². The third kappa shape index (κ3) is 4.67. The number of carbonyl (C=O) groups excluding carboxylic acids is 1. The van der Waals surface area contributed by atoms with Crippen molar-refractivity contribution >= 4 is 5.91 Å². The van der Waals surface area contributed by atoms with E-state index in [1.807, 2.05) is 72.8 Å². The molecule has 0 aromatic heterocycles. The summed E-state index contributed by atoms with van der Waals surface area (Å²) in [4.78, 5) is 15.8. The zero-order valence-electron chi connectivity index (χ0n) is 19.6. The van der Waals surface area contributed by atoms with Crippen LogP contribution in [0.5, 0.6) is 5.75 Å². The highest BCUT2D eigenvalue weighted by molar-refractivity contribution is 5.91. The molecule has 0 aliphatic carbocycles. The second kappa shape index (κ2) is 10.2. The minimum atomic E-state index is -0.852. The Morgan fingerprint density at radius 2 is 1.55 bits per heavy atom. The van der Waals surface area contributed by atoms with Crippen LogP contribution < -0.4 is 10.5 Å². The molecule has 2 atom stereocenters. The number of amides is 1. The van der Waals surface area contributed by atoms with E-state index in [1.165, 1.54) is 5.56 Å². The van der Waals surface area contributed by atoms with Gasteiger partial charge in [-0.15, -0.1) is 0 Å². The van der Waals surface area contributed by atoms with Crippen LogP contribution in [-0.4, -0.2) is 36.5 Å². The molecule has 3 aromatic carbocycles. The van der Waals surface area contributed by atoms with Gasteiger partial charge in [0.1, 0.15) is 11.2 Å². The SMILES string of the molecule is Cc1ccc(OCCCN2CC[C@@H](C(C(N)=O)(c3ccccc3)c3ccccc3)[C@@H]2C)cc1. The number of likely N-dealkylation sites (tertiary alicyclic amines) is 1. The Labute approximate surface area is 197 Å². The van der Waals surface area contributed by atoms with E-state index in [0.717, 1.165) is 42.8 Å². The lowest BCUT2D eigenvalue weighted by Crippen LogP contribution is -2.51. The zero-order chi connectivity index (χ0) is 23.3. The van der Waals surface area contributed by atoms with E-state index < -0.39 is 5.41 Å². The quantitative estimate of drug-likeness (QED) is 0.477. The molecule has 1 fully saturated rings. The number of benzene rings is 3. The first-order valence-electron chi connectivity index (χ1n) is 11.9. The maximum atomic E-state index is 13.3. The lowest BCUT2D eigenvalue weighted by atomic mass is 9.63. The number of ether oxygens (including phenoxy) is 1. The topological polar surface area (TPSA) is 55.6 Å². The number of primary amides is 1. The first-order chi connectivity index (χ1) is 16.0. The predicted octanol–water partition coefficient (Wildman–Crippen LogP) is 4.95. The molecule has 0 bridgehead atoms. The number of aryl methyl sites for hydroxylation is 1. The van der Waals surface area contributed by atoms with Crippen LogP contribution in [0.15, 0.2) is 84.9 Å². The molecule has 0 spiro atoms. The van der Waals surface area contributed by atoms with Crippen molar-refractivity contribution in [3.63, 3.8) is 0 Å². The van der Waals surface area contributed by atoms with Crippen molar-refractivity contribution in [1.29, 1.82) is 0 Å².